The quantitative estimate of drug-likeness (QED) is 0.101. The Labute approximate surface area is 316 Å². The smallest absolute Gasteiger partial charge is 0.0558 e. The van der Waals surface area contributed by atoms with Crippen molar-refractivity contribution in [2.45, 2.75) is 6.67 Å². The van der Waals surface area contributed by atoms with Gasteiger partial charge in [0.1, 0.15) is 0 Å². The third-order valence-corrected chi connectivity index (χ3v) is 8.38. The van der Waals surface area contributed by atoms with E-state index < -0.39 is 0 Å². The van der Waals surface area contributed by atoms with Crippen LogP contribution in [0, 0.1) is 37.3 Å². The largest absolute Gasteiger partial charge is 0.439 e. The molecule has 0 N–H and O–H groups in total. The average molecular weight is 999 g/mol. The number of para-hydroxylation sites is 4. The van der Waals surface area contributed by atoms with Crippen molar-refractivity contribution in [2.75, 3.05) is 0 Å². The number of rotatable bonds is 2. The maximum atomic E-state index is 7.18. The number of aromatic nitrogens is 6. The van der Waals surface area contributed by atoms with Gasteiger partial charge in [0.05, 0.1) is 6.67 Å². The molecule has 8 heteroatoms. The van der Waals surface area contributed by atoms with Crippen LogP contribution in [0.15, 0.2) is 122 Å². The van der Waals surface area contributed by atoms with Crippen LogP contribution in [-0.4, -0.2) is 28.2 Å². The molecule has 2 radical (unpaired) electrons. The van der Waals surface area contributed by atoms with Crippen LogP contribution in [0.2, 0.25) is 0 Å². The van der Waals surface area contributed by atoms with Crippen LogP contribution >= 0.6 is 0 Å². The number of benzene rings is 5. The first-order valence-electron chi connectivity index (χ1n) is 15.1. The summed E-state index contributed by atoms with van der Waals surface area (Å²) >= 11 is 0. The van der Waals surface area contributed by atoms with Gasteiger partial charge in [-0.05, 0) is 22.9 Å². The van der Waals surface area contributed by atoms with Gasteiger partial charge < -0.3 is 41.1 Å². The first kappa shape index (κ1) is 35.3. The monoisotopic (exact) mass is 998 g/mol. The van der Waals surface area contributed by atoms with Crippen molar-refractivity contribution in [3.8, 4) is 11.8 Å². The van der Waals surface area contributed by atoms with E-state index in [2.05, 4.69) is 82.0 Å². The molecule has 49 heavy (non-hydrogen) atoms. The maximum absolute atomic E-state index is 7.18. The molecule has 248 valence electrons. The van der Waals surface area contributed by atoms with Crippen LogP contribution in [0.4, 0.5) is 0 Å². The van der Waals surface area contributed by atoms with E-state index in [1.165, 1.54) is 43.6 Å². The summed E-state index contributed by atoms with van der Waals surface area (Å²) in [5.41, 5.74) is 8.50. The number of aryl methyl sites for hydroxylation is 2. The fourth-order valence-electron chi connectivity index (χ4n) is 6.04. The van der Waals surface area contributed by atoms with E-state index in [4.69, 9.17) is 12.8 Å². The van der Waals surface area contributed by atoms with Gasteiger partial charge in [-0.1, -0.05) is 71.7 Å². The number of nitrogens with zero attached hydrogens (tertiary/aromatic N) is 6. The van der Waals surface area contributed by atoms with E-state index in [0.29, 0.717) is 6.67 Å². The average Bonchev–Trinajstić information content (AvgIpc) is 3.92. The Bertz CT molecular complexity index is 2480. The molecule has 4 heterocycles. The maximum Gasteiger partial charge on any atom is 0.0558 e. The summed E-state index contributed by atoms with van der Waals surface area (Å²) in [5.74, 6) is 4.87. The molecule has 0 aliphatic heterocycles. The van der Waals surface area contributed by atoms with Gasteiger partial charge in [-0.3, -0.25) is 11.8 Å². The minimum Gasteiger partial charge on any atom is -0.439 e. The molecule has 6 nitrogen and oxygen atoms in total. The van der Waals surface area contributed by atoms with Gasteiger partial charge in [0.25, 0.3) is 0 Å². The third-order valence-electron chi connectivity index (χ3n) is 8.38. The molecule has 0 atom stereocenters. The second-order valence-electron chi connectivity index (χ2n) is 11.1. The van der Waals surface area contributed by atoms with Gasteiger partial charge in [0, 0.05) is 104 Å². The van der Waals surface area contributed by atoms with E-state index in [1.54, 1.807) is 6.20 Å². The molecule has 0 bridgehead atoms. The van der Waals surface area contributed by atoms with Crippen molar-refractivity contribution < 1.29 is 44.8 Å². The van der Waals surface area contributed by atoms with Gasteiger partial charge in [-0.15, -0.1) is 59.9 Å². The molecule has 0 amide bonds. The number of imidazole rings is 2. The van der Waals surface area contributed by atoms with E-state index in [-0.39, 0.29) is 44.8 Å². The van der Waals surface area contributed by atoms with E-state index in [9.17, 15) is 0 Å². The molecule has 0 spiro atoms. The summed E-state index contributed by atoms with van der Waals surface area (Å²) in [5, 5.41) is 4.85. The van der Waals surface area contributed by atoms with Crippen molar-refractivity contribution in [1.29, 1.82) is 0 Å². The Morgan fingerprint density at radius 1 is 0.592 bits per heavy atom. The Morgan fingerprint density at radius 3 is 1.59 bits per heavy atom. The number of hydrogen-bond acceptors (Lipinski definition) is 2. The number of hydrogen-bond donors (Lipinski definition) is 0. The number of fused-ring (bicyclic) bond motifs is 7. The van der Waals surface area contributed by atoms with Gasteiger partial charge in [0.15, 0.2) is 0 Å². The second-order valence-corrected chi connectivity index (χ2v) is 11.1. The van der Waals surface area contributed by atoms with Crippen molar-refractivity contribution >= 4 is 54.6 Å². The minimum absolute atomic E-state index is 0. The van der Waals surface area contributed by atoms with Crippen LogP contribution < -0.4 is 0 Å². The summed E-state index contributed by atoms with van der Waals surface area (Å²) < 4.78 is 8.15. The van der Waals surface area contributed by atoms with Crippen molar-refractivity contribution in [3.05, 3.63) is 158 Å². The van der Waals surface area contributed by atoms with Crippen molar-refractivity contribution in [1.82, 2.24) is 28.2 Å². The molecule has 4 aromatic heterocycles. The summed E-state index contributed by atoms with van der Waals surface area (Å²) in [6.07, 6.45) is 23.7. The zero-order valence-corrected chi connectivity index (χ0v) is 30.9. The SMILES string of the molecule is [Au].[Au].[C-]#Cc1ccc2c(c1)c1ccccc1n2C.[C-]#Cc1ccc2c(c1)c1ccccc1n2C.[c-]1nccn1Cn1[c-]nc2ccccc21. The molecule has 9 rings (SSSR count). The van der Waals surface area contributed by atoms with Gasteiger partial charge in [-0.2, -0.15) is 0 Å². The summed E-state index contributed by atoms with van der Waals surface area (Å²) in [4.78, 5) is 8.06. The molecule has 0 saturated heterocycles. The van der Waals surface area contributed by atoms with Crippen LogP contribution in [0.3, 0.4) is 0 Å². The minimum atomic E-state index is 0. The molecule has 0 aliphatic rings. The second kappa shape index (κ2) is 15.5. The molecule has 0 saturated carbocycles. The molecule has 9 aromatic rings. The summed E-state index contributed by atoms with van der Waals surface area (Å²) in [6.45, 7) is 0.639. The Hall–Kier alpha value is -5.02. The van der Waals surface area contributed by atoms with E-state index in [0.717, 1.165) is 22.2 Å². The zero-order chi connectivity index (χ0) is 32.3. The summed E-state index contributed by atoms with van der Waals surface area (Å²) in [6, 6.07) is 36.6. The van der Waals surface area contributed by atoms with Gasteiger partial charge in [0.2, 0.25) is 0 Å². The Kier molecular flexibility index (Phi) is 11.1. The third kappa shape index (κ3) is 6.94. The van der Waals surface area contributed by atoms with Crippen LogP contribution in [0.1, 0.15) is 11.1 Å². The van der Waals surface area contributed by atoms with Crippen molar-refractivity contribution in [3.63, 3.8) is 0 Å². The van der Waals surface area contributed by atoms with Crippen LogP contribution in [0.5, 0.6) is 0 Å². The molecule has 0 aliphatic carbocycles. The first-order chi connectivity index (χ1) is 23.1. The summed E-state index contributed by atoms with van der Waals surface area (Å²) in [7, 11) is 4.14. The fourth-order valence-corrected chi connectivity index (χ4v) is 6.04. The molecule has 0 unspecified atom stereocenters. The predicted octanol–water partition coefficient (Wildman–Crippen LogP) is 7.87. The zero-order valence-electron chi connectivity index (χ0n) is 26.5. The van der Waals surface area contributed by atoms with E-state index >= 15 is 0 Å². The Morgan fingerprint density at radius 2 is 1.08 bits per heavy atom. The normalized spacial score (nSPS) is 10.4. The topological polar surface area (TPSA) is 45.5 Å². The van der Waals surface area contributed by atoms with Crippen molar-refractivity contribution in [2.24, 2.45) is 14.1 Å². The fraction of sp³-hybridized carbons (Fsp3) is 0.0732. The van der Waals surface area contributed by atoms with Gasteiger partial charge in [-0.25, -0.2) is 0 Å². The molecular formula is C41H28Au2N6-4. The molecule has 0 fully saturated rings. The van der Waals surface area contributed by atoms with E-state index in [1.807, 2.05) is 100 Å². The Balaban J connectivity index is 0.000000141. The van der Waals surface area contributed by atoms with Crippen LogP contribution in [0.25, 0.3) is 54.6 Å². The molecule has 5 aromatic carbocycles. The standard InChI is InChI=1S/2C15H10N.C11H8N4.2Au/c2*1-3-11-8-9-15-13(10-11)12-6-4-5-7-14(12)16(15)2;1-2-4-11-10(3-1)13-8-15(11)9-14-6-5-12-7-14;;/h2*4-10H,2H3;1-6H,9H2;;/q2*-1;-2;;. The predicted molar refractivity (Wildman–Crippen MR) is 188 cm³/mol. The van der Waals surface area contributed by atoms with Gasteiger partial charge >= 0.3 is 0 Å². The first-order valence-corrected chi connectivity index (χ1v) is 15.1. The molecular weight excluding hydrogens is 970 g/mol. The van der Waals surface area contributed by atoms with Crippen LogP contribution in [-0.2, 0) is 65.5 Å².